The van der Waals surface area contributed by atoms with Gasteiger partial charge in [0.1, 0.15) is 6.79 Å². The van der Waals surface area contributed by atoms with Gasteiger partial charge in [-0.3, -0.25) is 4.79 Å². The van der Waals surface area contributed by atoms with Crippen molar-refractivity contribution in [2.45, 2.75) is 13.3 Å². The van der Waals surface area contributed by atoms with Crippen molar-refractivity contribution >= 4 is 18.7 Å². The maximum absolute atomic E-state index is 10.6. The Morgan fingerprint density at radius 2 is 1.65 bits per heavy atom. The number of carboxylic acids is 2. The van der Waals surface area contributed by atoms with Gasteiger partial charge in [-0.05, 0) is 24.1 Å². The zero-order valence-corrected chi connectivity index (χ0v) is 9.42. The quantitative estimate of drug-likeness (QED) is 0.828. The average molecular weight is 238 g/mol. The van der Waals surface area contributed by atoms with Gasteiger partial charge in [-0.25, -0.2) is 4.79 Å². The van der Waals surface area contributed by atoms with Crippen molar-refractivity contribution in [3.63, 3.8) is 0 Å². The fourth-order valence-corrected chi connectivity index (χ4v) is 1.22. The number of carboxylic acid groups (broad SMARTS) is 2. The van der Waals surface area contributed by atoms with Crippen LogP contribution in [0.2, 0.25) is 0 Å². The summed E-state index contributed by atoms with van der Waals surface area (Å²) < 4.78 is 0. The second-order valence-electron chi connectivity index (χ2n) is 3.45. The molecule has 0 saturated heterocycles. The minimum atomic E-state index is -0.979. The van der Waals surface area contributed by atoms with Crippen LogP contribution in [0, 0.1) is 5.92 Å². The summed E-state index contributed by atoms with van der Waals surface area (Å²) in [5, 5.41) is 17.3. The SMILES string of the molecule is C=O.CC(Cc1ccc(C(=O)O)cc1)C(=O)O. The second kappa shape index (κ2) is 7.16. The van der Waals surface area contributed by atoms with Gasteiger partial charge in [-0.1, -0.05) is 19.1 Å². The minimum Gasteiger partial charge on any atom is -0.481 e. The van der Waals surface area contributed by atoms with E-state index in [2.05, 4.69) is 0 Å². The molecule has 1 unspecified atom stereocenters. The number of rotatable bonds is 4. The highest BCUT2D eigenvalue weighted by Crippen LogP contribution is 2.10. The summed E-state index contributed by atoms with van der Waals surface area (Å²) in [5.74, 6) is -2.29. The van der Waals surface area contributed by atoms with Gasteiger partial charge >= 0.3 is 11.9 Å². The number of hydrogen-bond acceptors (Lipinski definition) is 3. The molecule has 0 heterocycles. The molecule has 0 fully saturated rings. The number of aliphatic carboxylic acids is 1. The lowest BCUT2D eigenvalue weighted by Crippen LogP contribution is -2.12. The van der Waals surface area contributed by atoms with Gasteiger partial charge < -0.3 is 15.0 Å². The van der Waals surface area contributed by atoms with Crippen LogP contribution >= 0.6 is 0 Å². The average Bonchev–Trinajstić information content (AvgIpc) is 2.32. The number of carbonyl (C=O) groups excluding carboxylic acids is 1. The van der Waals surface area contributed by atoms with Crippen molar-refractivity contribution in [3.8, 4) is 0 Å². The van der Waals surface area contributed by atoms with E-state index < -0.39 is 17.9 Å². The van der Waals surface area contributed by atoms with Crippen LogP contribution in [0.25, 0.3) is 0 Å². The van der Waals surface area contributed by atoms with Gasteiger partial charge in [-0.15, -0.1) is 0 Å². The van der Waals surface area contributed by atoms with Gasteiger partial charge in [0, 0.05) is 0 Å². The molecule has 0 aliphatic carbocycles. The normalized spacial score (nSPS) is 10.9. The third kappa shape index (κ3) is 4.92. The lowest BCUT2D eigenvalue weighted by atomic mass is 10.0. The number of aromatic carboxylic acids is 1. The van der Waals surface area contributed by atoms with Crippen LogP contribution in [0.15, 0.2) is 24.3 Å². The Bertz CT molecular complexity index is 382. The van der Waals surface area contributed by atoms with E-state index in [0.717, 1.165) is 5.56 Å². The molecule has 0 aliphatic heterocycles. The summed E-state index contributed by atoms with van der Waals surface area (Å²) >= 11 is 0. The first-order chi connectivity index (χ1) is 8.00. The molecule has 92 valence electrons. The molecule has 1 rings (SSSR count). The third-order valence-electron chi connectivity index (χ3n) is 2.16. The fraction of sp³-hybridized carbons (Fsp3) is 0.250. The van der Waals surface area contributed by atoms with Crippen LogP contribution in [-0.4, -0.2) is 28.9 Å². The van der Waals surface area contributed by atoms with Crippen molar-refractivity contribution in [2.75, 3.05) is 0 Å². The van der Waals surface area contributed by atoms with Crippen molar-refractivity contribution < 1.29 is 24.6 Å². The Hall–Kier alpha value is -2.17. The van der Waals surface area contributed by atoms with Crippen LogP contribution in [0.5, 0.6) is 0 Å². The molecule has 0 amide bonds. The van der Waals surface area contributed by atoms with Crippen molar-refractivity contribution in [3.05, 3.63) is 35.4 Å². The Morgan fingerprint density at radius 3 is 2.00 bits per heavy atom. The van der Waals surface area contributed by atoms with Crippen LogP contribution in [0.4, 0.5) is 0 Å². The fourth-order valence-electron chi connectivity index (χ4n) is 1.22. The summed E-state index contributed by atoms with van der Waals surface area (Å²) in [5.41, 5.74) is 1.04. The first kappa shape index (κ1) is 14.8. The molecule has 0 aliphatic rings. The van der Waals surface area contributed by atoms with Crippen molar-refractivity contribution in [1.82, 2.24) is 0 Å². The van der Waals surface area contributed by atoms with E-state index in [-0.39, 0.29) is 5.56 Å². The molecular weight excluding hydrogens is 224 g/mol. The Morgan fingerprint density at radius 1 is 1.18 bits per heavy atom. The first-order valence-corrected chi connectivity index (χ1v) is 4.84. The minimum absolute atomic E-state index is 0.210. The van der Waals surface area contributed by atoms with E-state index in [4.69, 9.17) is 15.0 Å². The van der Waals surface area contributed by atoms with Gasteiger partial charge in [0.15, 0.2) is 0 Å². The summed E-state index contributed by atoms with van der Waals surface area (Å²) in [7, 11) is 0. The molecule has 1 aromatic carbocycles. The molecule has 5 heteroatoms. The Kier molecular flexibility index (Phi) is 6.25. The van der Waals surface area contributed by atoms with Crippen LogP contribution < -0.4 is 0 Å². The third-order valence-corrected chi connectivity index (χ3v) is 2.16. The lowest BCUT2D eigenvalue weighted by molar-refractivity contribution is -0.141. The molecule has 5 nitrogen and oxygen atoms in total. The Balaban J connectivity index is 0.00000121. The standard InChI is InChI=1S/C11H12O4.CH2O/c1-7(10(12)13)6-8-2-4-9(5-3-8)11(14)15;1-2/h2-5,7H,6H2,1H3,(H,12,13)(H,14,15);1H2. The van der Waals surface area contributed by atoms with Gasteiger partial charge in [-0.2, -0.15) is 0 Å². The molecule has 2 N–H and O–H groups in total. The molecule has 0 radical (unpaired) electrons. The lowest BCUT2D eigenvalue weighted by Gasteiger charge is -2.05. The molecule has 0 aromatic heterocycles. The molecular formula is C12H14O5. The Labute approximate surface area is 98.7 Å². The van der Waals surface area contributed by atoms with Crippen LogP contribution in [0.1, 0.15) is 22.8 Å². The van der Waals surface area contributed by atoms with Crippen molar-refractivity contribution in [1.29, 1.82) is 0 Å². The molecule has 0 bridgehead atoms. The summed E-state index contributed by atoms with van der Waals surface area (Å²) in [6, 6.07) is 6.24. The zero-order valence-electron chi connectivity index (χ0n) is 9.42. The largest absolute Gasteiger partial charge is 0.481 e. The number of carbonyl (C=O) groups is 3. The summed E-state index contributed by atoms with van der Waals surface area (Å²) in [6.45, 7) is 3.62. The number of benzene rings is 1. The van der Waals surface area contributed by atoms with Gasteiger partial charge in [0.2, 0.25) is 0 Å². The highest BCUT2D eigenvalue weighted by atomic mass is 16.4. The summed E-state index contributed by atoms with van der Waals surface area (Å²) in [4.78, 5) is 29.1. The zero-order chi connectivity index (χ0) is 13.4. The molecule has 17 heavy (non-hydrogen) atoms. The summed E-state index contributed by atoms with van der Waals surface area (Å²) in [6.07, 6.45) is 0.412. The first-order valence-electron chi connectivity index (χ1n) is 4.84. The maximum Gasteiger partial charge on any atom is 0.335 e. The van der Waals surface area contributed by atoms with Crippen LogP contribution in [0.3, 0.4) is 0 Å². The molecule has 0 spiro atoms. The maximum atomic E-state index is 10.6. The topological polar surface area (TPSA) is 91.7 Å². The predicted molar refractivity (Wildman–Crippen MR) is 61.0 cm³/mol. The van der Waals surface area contributed by atoms with E-state index in [0.29, 0.717) is 6.42 Å². The van der Waals surface area contributed by atoms with E-state index in [9.17, 15) is 9.59 Å². The van der Waals surface area contributed by atoms with E-state index >= 15 is 0 Å². The van der Waals surface area contributed by atoms with E-state index in [1.54, 1.807) is 19.1 Å². The molecule has 1 aromatic rings. The smallest absolute Gasteiger partial charge is 0.335 e. The van der Waals surface area contributed by atoms with Crippen LogP contribution in [-0.2, 0) is 16.0 Å². The monoisotopic (exact) mass is 238 g/mol. The highest BCUT2D eigenvalue weighted by molar-refractivity contribution is 5.87. The highest BCUT2D eigenvalue weighted by Gasteiger charge is 2.11. The second-order valence-corrected chi connectivity index (χ2v) is 3.45. The molecule has 1 atom stereocenters. The number of hydrogen-bond donors (Lipinski definition) is 2. The molecule has 0 saturated carbocycles. The van der Waals surface area contributed by atoms with Gasteiger partial charge in [0.25, 0.3) is 0 Å². The van der Waals surface area contributed by atoms with Gasteiger partial charge in [0.05, 0.1) is 11.5 Å². The van der Waals surface area contributed by atoms with Crippen molar-refractivity contribution in [2.24, 2.45) is 5.92 Å². The van der Waals surface area contributed by atoms with E-state index in [1.165, 1.54) is 12.1 Å². The predicted octanol–water partition coefficient (Wildman–Crippen LogP) is 1.46. The van der Waals surface area contributed by atoms with E-state index in [1.807, 2.05) is 6.79 Å².